The molecule has 152 valence electrons. The molecule has 0 radical (unpaired) electrons. The highest BCUT2D eigenvalue weighted by Gasteiger charge is 2.05. The molecular weight excluding hydrogens is 376 g/mol. The summed E-state index contributed by atoms with van der Waals surface area (Å²) in [5, 5.41) is 4.39. The molecule has 1 aromatic heterocycles. The van der Waals surface area contributed by atoms with Gasteiger partial charge in [0.15, 0.2) is 0 Å². The Morgan fingerprint density at radius 3 is 2.57 bits per heavy atom. The van der Waals surface area contributed by atoms with Crippen LogP contribution in [0.3, 0.4) is 0 Å². The number of aromatic nitrogens is 1. The van der Waals surface area contributed by atoms with E-state index in [2.05, 4.69) is 5.32 Å². The smallest absolute Gasteiger partial charge is 0.126 e. The van der Waals surface area contributed by atoms with Gasteiger partial charge >= 0.3 is 0 Å². The number of benzene rings is 3. The van der Waals surface area contributed by atoms with Crippen molar-refractivity contribution in [2.75, 3.05) is 19.5 Å². The summed E-state index contributed by atoms with van der Waals surface area (Å²) >= 11 is 0. The van der Waals surface area contributed by atoms with Crippen molar-refractivity contribution in [3.8, 4) is 17.2 Å². The molecule has 0 saturated carbocycles. The maximum Gasteiger partial charge on any atom is 0.126 e. The average molecular weight is 400 g/mol. The van der Waals surface area contributed by atoms with Gasteiger partial charge < -0.3 is 19.5 Å². The summed E-state index contributed by atoms with van der Waals surface area (Å²) < 4.78 is 16.6. The molecule has 1 heterocycles. The summed E-state index contributed by atoms with van der Waals surface area (Å²) in [6.07, 6.45) is 0. The van der Waals surface area contributed by atoms with Crippen molar-refractivity contribution in [2.24, 2.45) is 0 Å². The first-order chi connectivity index (χ1) is 14.7. The van der Waals surface area contributed by atoms with Crippen LogP contribution < -0.4 is 19.5 Å². The Bertz CT molecular complexity index is 1140. The van der Waals surface area contributed by atoms with E-state index in [0.29, 0.717) is 13.2 Å². The van der Waals surface area contributed by atoms with Crippen molar-refractivity contribution >= 4 is 16.7 Å². The van der Waals surface area contributed by atoms with E-state index in [1.165, 1.54) is 0 Å². The number of fused-ring (bicyclic) bond motifs is 1. The van der Waals surface area contributed by atoms with Crippen LogP contribution >= 0.6 is 0 Å². The van der Waals surface area contributed by atoms with Crippen molar-refractivity contribution in [3.63, 3.8) is 0 Å². The normalized spacial score (nSPS) is 10.6. The zero-order valence-corrected chi connectivity index (χ0v) is 17.1. The molecule has 0 saturated heterocycles. The molecule has 4 aromatic rings. The van der Waals surface area contributed by atoms with E-state index in [1.807, 2.05) is 78.9 Å². The highest BCUT2D eigenvalue weighted by molar-refractivity contribution is 5.81. The van der Waals surface area contributed by atoms with Crippen LogP contribution in [-0.4, -0.2) is 19.2 Å². The minimum absolute atomic E-state index is 0.481. The number of hydrogen-bond acceptors (Lipinski definition) is 5. The summed E-state index contributed by atoms with van der Waals surface area (Å²) in [6, 6.07) is 25.8. The van der Waals surface area contributed by atoms with Gasteiger partial charge in [0, 0.05) is 17.5 Å². The zero-order valence-electron chi connectivity index (χ0n) is 17.1. The lowest BCUT2D eigenvalue weighted by molar-refractivity contribution is 0.305. The lowest BCUT2D eigenvalue weighted by atomic mass is 10.2. The van der Waals surface area contributed by atoms with Crippen LogP contribution in [0, 0.1) is 0 Å². The molecule has 0 amide bonds. The Labute approximate surface area is 176 Å². The molecule has 0 spiro atoms. The van der Waals surface area contributed by atoms with E-state index >= 15 is 0 Å². The molecule has 5 nitrogen and oxygen atoms in total. The summed E-state index contributed by atoms with van der Waals surface area (Å²) in [4.78, 5) is 4.70. The predicted molar refractivity (Wildman–Crippen MR) is 119 cm³/mol. The van der Waals surface area contributed by atoms with Crippen LogP contribution in [0.4, 0.5) is 5.82 Å². The third kappa shape index (κ3) is 4.63. The third-order valence-electron chi connectivity index (χ3n) is 4.85. The highest BCUT2D eigenvalue weighted by Crippen LogP contribution is 2.24. The van der Waals surface area contributed by atoms with Gasteiger partial charge in [0.1, 0.15) is 29.7 Å². The number of pyridine rings is 1. The third-order valence-corrected chi connectivity index (χ3v) is 4.85. The number of nitrogens with zero attached hydrogens (tertiary/aromatic N) is 1. The molecule has 3 aromatic carbocycles. The van der Waals surface area contributed by atoms with Gasteiger partial charge in [-0.05, 0) is 54.1 Å². The number of methoxy groups -OCH3 is 2. The second-order valence-corrected chi connectivity index (χ2v) is 6.86. The van der Waals surface area contributed by atoms with E-state index < -0.39 is 0 Å². The van der Waals surface area contributed by atoms with Gasteiger partial charge in [-0.3, -0.25) is 0 Å². The molecule has 0 aliphatic heterocycles. The van der Waals surface area contributed by atoms with Crippen molar-refractivity contribution in [2.45, 2.75) is 13.2 Å². The number of rotatable bonds is 8. The van der Waals surface area contributed by atoms with Gasteiger partial charge in [-0.15, -0.1) is 0 Å². The fourth-order valence-corrected chi connectivity index (χ4v) is 3.26. The fraction of sp³-hybridized carbons (Fsp3) is 0.160. The zero-order chi connectivity index (χ0) is 20.8. The lowest BCUT2D eigenvalue weighted by Crippen LogP contribution is -2.03. The Morgan fingerprint density at radius 1 is 0.800 bits per heavy atom. The molecule has 0 unspecified atom stereocenters. The Morgan fingerprint density at radius 2 is 1.70 bits per heavy atom. The quantitative estimate of drug-likeness (QED) is 0.427. The summed E-state index contributed by atoms with van der Waals surface area (Å²) in [5.74, 6) is 3.32. The number of nitrogens with one attached hydrogen (secondary N) is 1. The van der Waals surface area contributed by atoms with E-state index in [4.69, 9.17) is 19.2 Å². The maximum absolute atomic E-state index is 5.95. The fourth-order valence-electron chi connectivity index (χ4n) is 3.26. The molecule has 0 atom stereocenters. The van der Waals surface area contributed by atoms with Gasteiger partial charge in [-0.25, -0.2) is 4.98 Å². The molecule has 5 heteroatoms. The van der Waals surface area contributed by atoms with Crippen molar-refractivity contribution in [1.29, 1.82) is 0 Å². The molecule has 4 rings (SSSR count). The second kappa shape index (κ2) is 9.18. The highest BCUT2D eigenvalue weighted by atomic mass is 16.5. The second-order valence-electron chi connectivity index (χ2n) is 6.86. The monoisotopic (exact) mass is 400 g/mol. The summed E-state index contributed by atoms with van der Waals surface area (Å²) in [6.45, 7) is 1.12. The average Bonchev–Trinajstić information content (AvgIpc) is 2.81. The van der Waals surface area contributed by atoms with Crippen LogP contribution in [0.25, 0.3) is 10.9 Å². The first kappa shape index (κ1) is 19.6. The molecule has 1 N–H and O–H groups in total. The van der Waals surface area contributed by atoms with Gasteiger partial charge in [0.05, 0.1) is 19.7 Å². The van der Waals surface area contributed by atoms with E-state index in [1.54, 1.807) is 14.2 Å². The molecule has 0 aliphatic carbocycles. The van der Waals surface area contributed by atoms with Gasteiger partial charge in [0.2, 0.25) is 0 Å². The number of ether oxygens (including phenoxy) is 3. The minimum Gasteiger partial charge on any atom is -0.497 e. The predicted octanol–water partition coefficient (Wildman–Crippen LogP) is 5.44. The SMILES string of the molecule is COc1cccc(COc2ccc3nc(NCc4ccccc4OC)ccc3c2)c1. The van der Waals surface area contributed by atoms with Crippen LogP contribution in [0.15, 0.2) is 78.9 Å². The van der Waals surface area contributed by atoms with Crippen LogP contribution in [-0.2, 0) is 13.2 Å². The standard InChI is InChI=1S/C25H24N2O3/c1-28-21-8-5-6-18(14-21)17-30-22-11-12-23-19(15-22)10-13-25(27-23)26-16-20-7-3-4-9-24(20)29-2/h3-15H,16-17H2,1-2H3,(H,26,27). The van der Waals surface area contributed by atoms with Crippen LogP contribution in [0.5, 0.6) is 17.2 Å². The van der Waals surface area contributed by atoms with E-state index in [9.17, 15) is 0 Å². The van der Waals surface area contributed by atoms with Crippen molar-refractivity contribution < 1.29 is 14.2 Å². The topological polar surface area (TPSA) is 52.6 Å². The van der Waals surface area contributed by atoms with Crippen LogP contribution in [0.2, 0.25) is 0 Å². The maximum atomic E-state index is 5.95. The van der Waals surface area contributed by atoms with E-state index in [-0.39, 0.29) is 0 Å². The molecule has 0 fully saturated rings. The van der Waals surface area contributed by atoms with Crippen LogP contribution in [0.1, 0.15) is 11.1 Å². The first-order valence-electron chi connectivity index (χ1n) is 9.77. The van der Waals surface area contributed by atoms with Crippen molar-refractivity contribution in [3.05, 3.63) is 90.0 Å². The molecule has 0 aliphatic rings. The Balaban J connectivity index is 1.43. The lowest BCUT2D eigenvalue weighted by Gasteiger charge is -2.11. The van der Waals surface area contributed by atoms with Crippen molar-refractivity contribution in [1.82, 2.24) is 4.98 Å². The largest absolute Gasteiger partial charge is 0.497 e. The first-order valence-corrected chi connectivity index (χ1v) is 9.77. The number of hydrogen-bond donors (Lipinski definition) is 1. The molecule has 0 bridgehead atoms. The Kier molecular flexibility index (Phi) is 5.99. The van der Waals surface area contributed by atoms with Gasteiger partial charge in [-0.2, -0.15) is 0 Å². The van der Waals surface area contributed by atoms with Gasteiger partial charge in [-0.1, -0.05) is 30.3 Å². The van der Waals surface area contributed by atoms with Gasteiger partial charge in [0.25, 0.3) is 0 Å². The molecule has 30 heavy (non-hydrogen) atoms. The number of anilines is 1. The van der Waals surface area contributed by atoms with E-state index in [0.717, 1.165) is 45.1 Å². The minimum atomic E-state index is 0.481. The number of para-hydroxylation sites is 1. The Hall–Kier alpha value is -3.73. The summed E-state index contributed by atoms with van der Waals surface area (Å²) in [5.41, 5.74) is 3.06. The molecular formula is C25H24N2O3. The summed E-state index contributed by atoms with van der Waals surface area (Å²) in [7, 11) is 3.34.